The molecule has 1 amide bonds. The molecule has 2 N–H and O–H groups in total. The van der Waals surface area contributed by atoms with Crippen molar-refractivity contribution in [1.29, 1.82) is 0 Å². The molecule has 0 saturated heterocycles. The molecule has 0 unspecified atom stereocenters. The Kier molecular flexibility index (Phi) is 4.63. The maximum Gasteiger partial charge on any atom is 0.328 e. The summed E-state index contributed by atoms with van der Waals surface area (Å²) < 4.78 is 1.14. The number of hydrogen-bond acceptors (Lipinski definition) is 4. The fraction of sp³-hybridized carbons (Fsp3) is 0.105. The van der Waals surface area contributed by atoms with Crippen LogP contribution in [-0.2, 0) is 9.59 Å². The molecule has 0 atom stereocenters. The van der Waals surface area contributed by atoms with Gasteiger partial charge in [-0.1, -0.05) is 6.07 Å². The van der Waals surface area contributed by atoms with Crippen LogP contribution in [0, 0.1) is 6.92 Å². The van der Waals surface area contributed by atoms with Crippen molar-refractivity contribution in [2.75, 3.05) is 5.32 Å². The number of amides is 1. The van der Waals surface area contributed by atoms with Gasteiger partial charge in [-0.05, 0) is 55.8 Å². The van der Waals surface area contributed by atoms with Gasteiger partial charge in [-0.25, -0.2) is 9.78 Å². The maximum atomic E-state index is 11.9. The number of carbonyl (C=O) groups excluding carboxylic acids is 1. The van der Waals surface area contributed by atoms with Gasteiger partial charge in [-0.2, -0.15) is 0 Å². The number of nitrogens with one attached hydrogen (secondary N) is 1. The van der Waals surface area contributed by atoms with Gasteiger partial charge < -0.3 is 10.4 Å². The quantitative estimate of drug-likeness (QED) is 0.688. The molecule has 0 saturated carbocycles. The highest BCUT2D eigenvalue weighted by Crippen LogP contribution is 2.31. The van der Waals surface area contributed by atoms with E-state index in [0.717, 1.165) is 26.9 Å². The van der Waals surface area contributed by atoms with Crippen LogP contribution in [0.25, 0.3) is 20.8 Å². The van der Waals surface area contributed by atoms with E-state index in [9.17, 15) is 9.59 Å². The third-order valence-corrected chi connectivity index (χ3v) is 4.70. The number of rotatable bonds is 4. The first-order chi connectivity index (χ1) is 11.9. The lowest BCUT2D eigenvalue weighted by Crippen LogP contribution is -2.13. The topological polar surface area (TPSA) is 79.3 Å². The third-order valence-electron chi connectivity index (χ3n) is 3.63. The Labute approximate surface area is 148 Å². The number of anilines is 1. The van der Waals surface area contributed by atoms with E-state index in [2.05, 4.69) is 23.3 Å². The van der Waals surface area contributed by atoms with Crippen LogP contribution in [0.3, 0.4) is 0 Å². The first-order valence-corrected chi connectivity index (χ1v) is 8.44. The van der Waals surface area contributed by atoms with Crippen LogP contribution in [0.15, 0.2) is 54.1 Å². The molecule has 25 heavy (non-hydrogen) atoms. The van der Waals surface area contributed by atoms with Gasteiger partial charge in [0.25, 0.3) is 5.91 Å². The lowest BCUT2D eigenvalue weighted by molar-refractivity contribution is -0.131. The Balaban J connectivity index is 1.79. The lowest BCUT2D eigenvalue weighted by Gasteiger charge is -2.05. The van der Waals surface area contributed by atoms with Gasteiger partial charge in [0, 0.05) is 22.9 Å². The summed E-state index contributed by atoms with van der Waals surface area (Å²) in [4.78, 5) is 27.1. The fourth-order valence-electron chi connectivity index (χ4n) is 2.33. The van der Waals surface area contributed by atoms with E-state index in [1.165, 1.54) is 12.5 Å². The standard InChI is InChI=1S/C19H16N2O3S/c1-11-3-8-15-16(9-11)25-19(21-15)13-4-6-14(7-5-13)20-18(24)12(2)10-17(22)23/h3-10H,1-2H3,(H,20,24)(H,22,23). The van der Waals surface area contributed by atoms with Gasteiger partial charge in [-0.15, -0.1) is 11.3 Å². The summed E-state index contributed by atoms with van der Waals surface area (Å²) in [6.45, 7) is 3.51. The fourth-order valence-corrected chi connectivity index (χ4v) is 3.40. The highest BCUT2D eigenvalue weighted by atomic mass is 32.1. The molecule has 6 heteroatoms. The summed E-state index contributed by atoms with van der Waals surface area (Å²) in [5.74, 6) is -1.58. The Morgan fingerprint density at radius 2 is 1.88 bits per heavy atom. The zero-order valence-corrected chi connectivity index (χ0v) is 14.6. The van der Waals surface area contributed by atoms with Crippen molar-refractivity contribution in [1.82, 2.24) is 4.98 Å². The number of aryl methyl sites for hydroxylation is 1. The van der Waals surface area contributed by atoms with E-state index in [-0.39, 0.29) is 5.57 Å². The van der Waals surface area contributed by atoms with E-state index < -0.39 is 11.9 Å². The first-order valence-electron chi connectivity index (χ1n) is 7.62. The number of thiazole rings is 1. The van der Waals surface area contributed by atoms with Crippen molar-refractivity contribution >= 4 is 39.1 Å². The summed E-state index contributed by atoms with van der Waals surface area (Å²) in [7, 11) is 0. The molecule has 126 valence electrons. The van der Waals surface area contributed by atoms with Crippen LogP contribution in [0.1, 0.15) is 12.5 Å². The van der Waals surface area contributed by atoms with Crippen molar-refractivity contribution < 1.29 is 14.7 Å². The SMILES string of the molecule is CC(=CC(=O)O)C(=O)Nc1ccc(-c2nc3ccc(C)cc3s2)cc1. The molecule has 0 aliphatic carbocycles. The number of nitrogens with zero attached hydrogens (tertiary/aromatic N) is 1. The number of hydrogen-bond donors (Lipinski definition) is 2. The Hall–Kier alpha value is -2.99. The summed E-state index contributed by atoms with van der Waals surface area (Å²) in [6.07, 6.45) is 0.882. The predicted molar refractivity (Wildman–Crippen MR) is 99.8 cm³/mol. The van der Waals surface area contributed by atoms with Crippen LogP contribution in [0.5, 0.6) is 0 Å². The van der Waals surface area contributed by atoms with Crippen LogP contribution < -0.4 is 5.32 Å². The number of carboxylic acid groups (broad SMARTS) is 1. The van der Waals surface area contributed by atoms with Crippen LogP contribution in [0.2, 0.25) is 0 Å². The number of carbonyl (C=O) groups is 2. The molecule has 3 aromatic rings. The Bertz CT molecular complexity index is 988. The normalized spacial score (nSPS) is 11.5. The molecule has 2 aromatic carbocycles. The van der Waals surface area contributed by atoms with Crippen LogP contribution >= 0.6 is 11.3 Å². The highest BCUT2D eigenvalue weighted by molar-refractivity contribution is 7.21. The number of aliphatic carboxylic acids is 1. The van der Waals surface area contributed by atoms with Crippen molar-refractivity contribution in [3.05, 3.63) is 59.7 Å². The predicted octanol–water partition coefficient (Wildman–Crippen LogP) is 4.24. The summed E-state index contributed by atoms with van der Waals surface area (Å²) in [5, 5.41) is 12.3. The van der Waals surface area contributed by atoms with Crippen molar-refractivity contribution in [3.63, 3.8) is 0 Å². The highest BCUT2D eigenvalue weighted by Gasteiger charge is 2.09. The minimum Gasteiger partial charge on any atom is -0.478 e. The van der Waals surface area contributed by atoms with Gasteiger partial charge in [0.2, 0.25) is 0 Å². The number of fused-ring (bicyclic) bond motifs is 1. The molecule has 0 fully saturated rings. The number of carboxylic acids is 1. The molecular weight excluding hydrogens is 336 g/mol. The number of benzene rings is 2. The monoisotopic (exact) mass is 352 g/mol. The third kappa shape index (κ3) is 3.92. The largest absolute Gasteiger partial charge is 0.478 e. The molecular formula is C19H16N2O3S. The zero-order chi connectivity index (χ0) is 18.0. The van der Waals surface area contributed by atoms with E-state index in [0.29, 0.717) is 5.69 Å². The molecule has 0 radical (unpaired) electrons. The minimum absolute atomic E-state index is 0.137. The van der Waals surface area contributed by atoms with Gasteiger partial charge in [0.05, 0.1) is 10.2 Å². The first kappa shape index (κ1) is 16.9. The lowest BCUT2D eigenvalue weighted by atomic mass is 10.2. The molecule has 1 heterocycles. The van der Waals surface area contributed by atoms with Crippen LogP contribution in [0.4, 0.5) is 5.69 Å². The molecule has 1 aromatic heterocycles. The van der Waals surface area contributed by atoms with Crippen molar-refractivity contribution in [3.8, 4) is 10.6 Å². The second-order valence-corrected chi connectivity index (χ2v) is 6.72. The average molecular weight is 352 g/mol. The Morgan fingerprint density at radius 1 is 1.16 bits per heavy atom. The Morgan fingerprint density at radius 3 is 2.56 bits per heavy atom. The molecule has 0 spiro atoms. The van der Waals surface area contributed by atoms with Crippen LogP contribution in [-0.4, -0.2) is 22.0 Å². The maximum absolute atomic E-state index is 11.9. The molecule has 0 bridgehead atoms. The second-order valence-electron chi connectivity index (χ2n) is 5.69. The van der Waals surface area contributed by atoms with Gasteiger partial charge in [0.1, 0.15) is 5.01 Å². The second kappa shape index (κ2) is 6.86. The zero-order valence-electron chi connectivity index (χ0n) is 13.7. The molecule has 0 aliphatic heterocycles. The average Bonchev–Trinajstić information content (AvgIpc) is 2.97. The van der Waals surface area contributed by atoms with Gasteiger partial charge in [-0.3, -0.25) is 4.79 Å². The van der Waals surface area contributed by atoms with Crippen molar-refractivity contribution in [2.24, 2.45) is 0 Å². The van der Waals surface area contributed by atoms with E-state index >= 15 is 0 Å². The van der Waals surface area contributed by atoms with Gasteiger partial charge in [0.15, 0.2) is 0 Å². The molecule has 3 rings (SSSR count). The minimum atomic E-state index is -1.14. The van der Waals surface area contributed by atoms with E-state index in [1.54, 1.807) is 23.5 Å². The smallest absolute Gasteiger partial charge is 0.328 e. The number of aromatic nitrogens is 1. The van der Waals surface area contributed by atoms with E-state index in [4.69, 9.17) is 5.11 Å². The summed E-state index contributed by atoms with van der Waals surface area (Å²) in [5.41, 5.74) is 3.87. The summed E-state index contributed by atoms with van der Waals surface area (Å²) in [6, 6.07) is 13.5. The van der Waals surface area contributed by atoms with E-state index in [1.807, 2.05) is 24.3 Å². The summed E-state index contributed by atoms with van der Waals surface area (Å²) >= 11 is 1.62. The van der Waals surface area contributed by atoms with Crippen molar-refractivity contribution in [2.45, 2.75) is 13.8 Å². The van der Waals surface area contributed by atoms with Gasteiger partial charge >= 0.3 is 5.97 Å². The molecule has 0 aliphatic rings. The molecule has 5 nitrogen and oxygen atoms in total.